The van der Waals surface area contributed by atoms with Crippen molar-refractivity contribution >= 4 is 45.7 Å². The SMILES string of the molecule is O=c1[nH]c2cc(Cl)ccc2c(Cl)c1CCCl. The smallest absolute Gasteiger partial charge is 0.253 e. The van der Waals surface area contributed by atoms with E-state index in [0.29, 0.717) is 33.4 Å². The number of fused-ring (bicyclic) bond motifs is 1. The van der Waals surface area contributed by atoms with E-state index in [1.54, 1.807) is 18.2 Å². The molecule has 0 unspecified atom stereocenters. The Morgan fingerprint density at radius 1 is 1.25 bits per heavy atom. The first-order chi connectivity index (χ1) is 7.63. The zero-order valence-electron chi connectivity index (χ0n) is 8.19. The maximum atomic E-state index is 11.7. The highest BCUT2D eigenvalue weighted by molar-refractivity contribution is 6.36. The van der Waals surface area contributed by atoms with Crippen LogP contribution >= 0.6 is 34.8 Å². The average Bonchev–Trinajstić information content (AvgIpc) is 2.23. The number of nitrogens with one attached hydrogen (secondary N) is 1. The highest BCUT2D eigenvalue weighted by Gasteiger charge is 2.10. The molecular weight excluding hydrogens is 268 g/mol. The second kappa shape index (κ2) is 4.66. The predicted octanol–water partition coefficient (Wildman–Crippen LogP) is 3.62. The summed E-state index contributed by atoms with van der Waals surface area (Å²) in [5.41, 5.74) is 0.952. The van der Waals surface area contributed by atoms with Gasteiger partial charge in [-0.3, -0.25) is 4.79 Å². The number of aromatic nitrogens is 1. The molecule has 0 aliphatic carbocycles. The van der Waals surface area contributed by atoms with Gasteiger partial charge in [0.15, 0.2) is 0 Å². The van der Waals surface area contributed by atoms with E-state index in [1.165, 1.54) is 0 Å². The molecule has 84 valence electrons. The molecule has 0 aliphatic heterocycles. The normalized spacial score (nSPS) is 10.9. The third-order valence-electron chi connectivity index (χ3n) is 2.35. The van der Waals surface area contributed by atoms with Gasteiger partial charge in [-0.05, 0) is 24.6 Å². The first kappa shape index (κ1) is 11.8. The molecule has 0 fully saturated rings. The molecule has 0 atom stereocenters. The minimum absolute atomic E-state index is 0.208. The standard InChI is InChI=1S/C11H8Cl3NO/c12-4-3-8-10(14)7-2-1-6(13)5-9(7)15-11(8)16/h1-2,5H,3-4H2,(H,15,16). The van der Waals surface area contributed by atoms with Crippen molar-refractivity contribution in [3.63, 3.8) is 0 Å². The van der Waals surface area contributed by atoms with Crippen LogP contribution in [0.2, 0.25) is 10.0 Å². The zero-order valence-corrected chi connectivity index (χ0v) is 10.5. The second-order valence-electron chi connectivity index (χ2n) is 3.38. The van der Waals surface area contributed by atoms with E-state index in [-0.39, 0.29) is 5.56 Å². The Labute approximate surface area is 107 Å². The van der Waals surface area contributed by atoms with Crippen LogP contribution in [-0.2, 0) is 6.42 Å². The lowest BCUT2D eigenvalue weighted by Crippen LogP contribution is -2.14. The molecule has 0 amide bonds. The van der Waals surface area contributed by atoms with Gasteiger partial charge in [0, 0.05) is 21.9 Å². The van der Waals surface area contributed by atoms with Gasteiger partial charge in [-0.25, -0.2) is 0 Å². The largest absolute Gasteiger partial charge is 0.322 e. The molecule has 2 aromatic rings. The monoisotopic (exact) mass is 275 g/mol. The van der Waals surface area contributed by atoms with Crippen molar-refractivity contribution in [2.75, 3.05) is 5.88 Å². The molecule has 0 saturated carbocycles. The lowest BCUT2D eigenvalue weighted by Gasteiger charge is -2.05. The molecule has 1 aromatic heterocycles. The van der Waals surface area contributed by atoms with Crippen molar-refractivity contribution < 1.29 is 0 Å². The van der Waals surface area contributed by atoms with Crippen LogP contribution in [-0.4, -0.2) is 10.9 Å². The highest BCUT2D eigenvalue weighted by atomic mass is 35.5. The molecule has 16 heavy (non-hydrogen) atoms. The van der Waals surface area contributed by atoms with Gasteiger partial charge in [-0.15, -0.1) is 11.6 Å². The molecule has 0 bridgehead atoms. The van der Waals surface area contributed by atoms with E-state index in [2.05, 4.69) is 4.98 Å². The van der Waals surface area contributed by atoms with Crippen LogP contribution in [0.5, 0.6) is 0 Å². The van der Waals surface area contributed by atoms with Crippen LogP contribution < -0.4 is 5.56 Å². The Hall–Kier alpha value is -0.700. The van der Waals surface area contributed by atoms with E-state index < -0.39 is 0 Å². The van der Waals surface area contributed by atoms with Crippen molar-refractivity contribution in [2.45, 2.75) is 6.42 Å². The van der Waals surface area contributed by atoms with Gasteiger partial charge in [0.05, 0.1) is 10.5 Å². The second-order valence-corrected chi connectivity index (χ2v) is 4.57. The molecule has 5 heteroatoms. The average molecular weight is 277 g/mol. The summed E-state index contributed by atoms with van der Waals surface area (Å²) in [5.74, 6) is 0.363. The summed E-state index contributed by atoms with van der Waals surface area (Å²) in [7, 11) is 0. The Bertz CT molecular complexity index is 592. The first-order valence-electron chi connectivity index (χ1n) is 4.69. The summed E-state index contributed by atoms with van der Waals surface area (Å²) < 4.78 is 0. The zero-order chi connectivity index (χ0) is 11.7. The summed E-state index contributed by atoms with van der Waals surface area (Å²) in [5, 5.41) is 1.80. The lowest BCUT2D eigenvalue weighted by atomic mass is 10.1. The van der Waals surface area contributed by atoms with Crippen molar-refractivity contribution in [1.29, 1.82) is 0 Å². The Morgan fingerprint density at radius 3 is 2.69 bits per heavy atom. The lowest BCUT2D eigenvalue weighted by molar-refractivity contribution is 1.09. The Kier molecular flexibility index (Phi) is 3.43. The molecule has 1 aromatic carbocycles. The highest BCUT2D eigenvalue weighted by Crippen LogP contribution is 2.26. The fourth-order valence-electron chi connectivity index (χ4n) is 1.59. The number of pyridine rings is 1. The first-order valence-corrected chi connectivity index (χ1v) is 5.98. The fraction of sp³-hybridized carbons (Fsp3) is 0.182. The number of benzene rings is 1. The predicted molar refractivity (Wildman–Crippen MR) is 69.0 cm³/mol. The van der Waals surface area contributed by atoms with E-state index in [9.17, 15) is 4.79 Å². The summed E-state index contributed by atoms with van der Waals surface area (Å²) in [6.07, 6.45) is 0.453. The van der Waals surface area contributed by atoms with E-state index in [1.807, 2.05) is 0 Å². The van der Waals surface area contributed by atoms with Gasteiger partial charge in [0.2, 0.25) is 0 Å². The maximum absolute atomic E-state index is 11.7. The van der Waals surface area contributed by atoms with E-state index >= 15 is 0 Å². The summed E-state index contributed by atoms with van der Waals surface area (Å²) in [4.78, 5) is 14.5. The minimum atomic E-state index is -0.208. The fourth-order valence-corrected chi connectivity index (χ4v) is 2.30. The van der Waals surface area contributed by atoms with Crippen molar-refractivity contribution in [1.82, 2.24) is 4.98 Å². The molecule has 0 saturated heterocycles. The van der Waals surface area contributed by atoms with Crippen LogP contribution in [0.4, 0.5) is 0 Å². The molecule has 1 heterocycles. The van der Waals surface area contributed by atoms with Crippen molar-refractivity contribution in [2.24, 2.45) is 0 Å². The number of rotatable bonds is 2. The maximum Gasteiger partial charge on any atom is 0.253 e. The Balaban J connectivity index is 2.78. The number of hydrogen-bond acceptors (Lipinski definition) is 1. The third kappa shape index (κ3) is 2.05. The topological polar surface area (TPSA) is 32.9 Å². The number of H-pyrrole nitrogens is 1. The molecule has 1 N–H and O–H groups in total. The Morgan fingerprint density at radius 2 is 2.00 bits per heavy atom. The van der Waals surface area contributed by atoms with Gasteiger partial charge in [0.1, 0.15) is 0 Å². The van der Waals surface area contributed by atoms with Gasteiger partial charge < -0.3 is 4.98 Å². The minimum Gasteiger partial charge on any atom is -0.322 e. The van der Waals surface area contributed by atoms with Gasteiger partial charge in [0.25, 0.3) is 5.56 Å². The van der Waals surface area contributed by atoms with Crippen LogP contribution in [0, 0.1) is 0 Å². The van der Waals surface area contributed by atoms with Crippen molar-refractivity contribution in [3.8, 4) is 0 Å². The third-order valence-corrected chi connectivity index (χ3v) is 3.21. The molecule has 0 aliphatic rings. The van der Waals surface area contributed by atoms with Crippen LogP contribution in [0.1, 0.15) is 5.56 Å². The molecular formula is C11H8Cl3NO. The van der Waals surface area contributed by atoms with Gasteiger partial charge in [-0.1, -0.05) is 23.2 Å². The molecule has 2 nitrogen and oxygen atoms in total. The van der Waals surface area contributed by atoms with Crippen LogP contribution in [0.15, 0.2) is 23.0 Å². The number of hydrogen-bond donors (Lipinski definition) is 1. The summed E-state index contributed by atoms with van der Waals surface area (Å²) in [6, 6.07) is 5.20. The molecule has 0 radical (unpaired) electrons. The number of alkyl halides is 1. The molecule has 0 spiro atoms. The van der Waals surface area contributed by atoms with Crippen LogP contribution in [0.3, 0.4) is 0 Å². The summed E-state index contributed by atoms with van der Waals surface area (Å²) >= 11 is 17.6. The quantitative estimate of drug-likeness (QED) is 0.835. The van der Waals surface area contributed by atoms with Gasteiger partial charge >= 0.3 is 0 Å². The molecule has 2 rings (SSSR count). The summed E-state index contributed by atoms with van der Waals surface area (Å²) in [6.45, 7) is 0. The van der Waals surface area contributed by atoms with E-state index in [0.717, 1.165) is 5.39 Å². The number of aromatic amines is 1. The van der Waals surface area contributed by atoms with Crippen molar-refractivity contribution in [3.05, 3.63) is 44.2 Å². The van der Waals surface area contributed by atoms with Crippen LogP contribution in [0.25, 0.3) is 10.9 Å². The van der Waals surface area contributed by atoms with Gasteiger partial charge in [-0.2, -0.15) is 0 Å². The number of halogens is 3. The van der Waals surface area contributed by atoms with E-state index in [4.69, 9.17) is 34.8 Å².